The number of nitrogens with zero attached hydrogens (tertiary/aromatic N) is 3. The molecule has 2 aromatic rings. The van der Waals surface area contributed by atoms with Gasteiger partial charge in [0.05, 0.1) is 4.90 Å². The standard InChI is InChI=1S/C21H30N4O5S2/c1-15-11-17(31(27,28)23(3)4)12-19(16(15)2)22-21(26)20-13-18(14-24(20)5)32(29,30)25-9-7-6-8-10-25/h11-14H,6-10H2,1-5H3,(H,22,26). The molecule has 1 saturated heterocycles. The lowest BCUT2D eigenvalue weighted by Crippen LogP contribution is -2.35. The first kappa shape index (κ1) is 24.4. The Kier molecular flexibility index (Phi) is 6.85. The molecule has 32 heavy (non-hydrogen) atoms. The Morgan fingerprint density at radius 3 is 2.19 bits per heavy atom. The summed E-state index contributed by atoms with van der Waals surface area (Å²) in [5, 5.41) is 2.75. The average molecular weight is 483 g/mol. The van der Waals surface area contributed by atoms with Crippen LogP contribution in [0, 0.1) is 13.8 Å². The number of hydrogen-bond donors (Lipinski definition) is 1. The highest BCUT2D eigenvalue weighted by Crippen LogP contribution is 2.27. The molecule has 0 radical (unpaired) electrons. The van der Waals surface area contributed by atoms with Crippen LogP contribution in [0.5, 0.6) is 0 Å². The second-order valence-electron chi connectivity index (χ2n) is 8.29. The van der Waals surface area contributed by atoms with Gasteiger partial charge in [0.25, 0.3) is 5.91 Å². The van der Waals surface area contributed by atoms with Crippen LogP contribution in [0.1, 0.15) is 40.9 Å². The van der Waals surface area contributed by atoms with Gasteiger partial charge in [-0.1, -0.05) is 6.42 Å². The van der Waals surface area contributed by atoms with E-state index in [1.54, 1.807) is 27.0 Å². The van der Waals surface area contributed by atoms with E-state index in [1.807, 2.05) is 0 Å². The lowest BCUT2D eigenvalue weighted by molar-refractivity contribution is 0.101. The van der Waals surface area contributed by atoms with Gasteiger partial charge >= 0.3 is 0 Å². The van der Waals surface area contributed by atoms with Crippen LogP contribution >= 0.6 is 0 Å². The van der Waals surface area contributed by atoms with E-state index in [2.05, 4.69) is 5.32 Å². The summed E-state index contributed by atoms with van der Waals surface area (Å²) >= 11 is 0. The molecule has 9 nitrogen and oxygen atoms in total. The Morgan fingerprint density at radius 2 is 1.59 bits per heavy atom. The van der Waals surface area contributed by atoms with Crippen molar-refractivity contribution in [1.82, 2.24) is 13.2 Å². The Hall–Kier alpha value is -2.21. The van der Waals surface area contributed by atoms with E-state index in [0.717, 1.165) is 29.1 Å². The minimum absolute atomic E-state index is 0.0705. The summed E-state index contributed by atoms with van der Waals surface area (Å²) in [5.41, 5.74) is 1.96. The zero-order valence-corrected chi connectivity index (χ0v) is 20.7. The van der Waals surface area contributed by atoms with Crippen molar-refractivity contribution in [2.75, 3.05) is 32.5 Å². The van der Waals surface area contributed by atoms with Gasteiger partial charge in [-0.3, -0.25) is 4.79 Å². The molecule has 1 aliphatic heterocycles. The molecule has 1 N–H and O–H groups in total. The van der Waals surface area contributed by atoms with Crippen molar-refractivity contribution in [2.45, 2.75) is 42.9 Å². The van der Waals surface area contributed by atoms with E-state index in [1.165, 1.54) is 41.3 Å². The van der Waals surface area contributed by atoms with Crippen LogP contribution in [0.15, 0.2) is 34.2 Å². The lowest BCUT2D eigenvalue weighted by atomic mass is 10.1. The van der Waals surface area contributed by atoms with Gasteiger partial charge < -0.3 is 9.88 Å². The van der Waals surface area contributed by atoms with Gasteiger partial charge in [0.2, 0.25) is 20.0 Å². The first-order valence-corrected chi connectivity index (χ1v) is 13.3. The van der Waals surface area contributed by atoms with E-state index in [0.29, 0.717) is 24.3 Å². The molecule has 0 aliphatic carbocycles. The Morgan fingerprint density at radius 1 is 0.969 bits per heavy atom. The maximum absolute atomic E-state index is 13.0. The Bertz CT molecular complexity index is 1240. The van der Waals surface area contributed by atoms with Crippen molar-refractivity contribution in [3.05, 3.63) is 41.2 Å². The van der Waals surface area contributed by atoms with Gasteiger partial charge in [-0.2, -0.15) is 4.31 Å². The number of hydrogen-bond acceptors (Lipinski definition) is 5. The van der Waals surface area contributed by atoms with E-state index in [4.69, 9.17) is 0 Å². The van der Waals surface area contributed by atoms with Crippen molar-refractivity contribution in [3.63, 3.8) is 0 Å². The minimum atomic E-state index is -3.68. The van der Waals surface area contributed by atoms with Crippen LogP contribution in [-0.2, 0) is 27.1 Å². The number of aryl methyl sites for hydroxylation is 2. The summed E-state index contributed by atoms with van der Waals surface area (Å²) < 4.78 is 55.1. The quantitative estimate of drug-likeness (QED) is 0.680. The van der Waals surface area contributed by atoms with Crippen LogP contribution in [0.2, 0.25) is 0 Å². The summed E-state index contributed by atoms with van der Waals surface area (Å²) in [4.78, 5) is 13.2. The van der Waals surface area contributed by atoms with Crippen molar-refractivity contribution >= 4 is 31.6 Å². The first-order chi connectivity index (χ1) is 14.9. The first-order valence-electron chi connectivity index (χ1n) is 10.4. The fraction of sp³-hybridized carbons (Fsp3) is 0.476. The molecule has 1 aromatic carbocycles. The van der Waals surface area contributed by atoms with Gasteiger partial charge in [0.1, 0.15) is 10.6 Å². The number of amides is 1. The summed E-state index contributed by atoms with van der Waals surface area (Å²) in [7, 11) is -2.87. The van der Waals surface area contributed by atoms with Crippen molar-refractivity contribution in [3.8, 4) is 0 Å². The van der Waals surface area contributed by atoms with Gasteiger partial charge in [0, 0.05) is 46.1 Å². The number of piperidine rings is 1. The smallest absolute Gasteiger partial charge is 0.272 e. The zero-order valence-electron chi connectivity index (χ0n) is 19.0. The molecule has 0 saturated carbocycles. The van der Waals surface area contributed by atoms with E-state index in [-0.39, 0.29) is 15.5 Å². The molecule has 176 valence electrons. The van der Waals surface area contributed by atoms with E-state index < -0.39 is 26.0 Å². The third kappa shape index (κ3) is 4.61. The SMILES string of the molecule is Cc1cc(S(=O)(=O)N(C)C)cc(NC(=O)c2cc(S(=O)(=O)N3CCCCC3)cn2C)c1C. The number of anilines is 1. The molecule has 0 spiro atoms. The fourth-order valence-electron chi connectivity index (χ4n) is 3.66. The third-order valence-electron chi connectivity index (χ3n) is 5.83. The van der Waals surface area contributed by atoms with Gasteiger partial charge in [-0.15, -0.1) is 0 Å². The van der Waals surface area contributed by atoms with Crippen molar-refractivity contribution in [2.24, 2.45) is 7.05 Å². The Balaban J connectivity index is 1.93. The molecular formula is C21H30N4O5S2. The molecule has 1 amide bonds. The molecule has 11 heteroatoms. The summed E-state index contributed by atoms with van der Waals surface area (Å²) in [5.74, 6) is -0.519. The fourth-order valence-corrected chi connectivity index (χ4v) is 6.26. The Labute approximate surface area is 190 Å². The highest BCUT2D eigenvalue weighted by molar-refractivity contribution is 7.89. The highest BCUT2D eigenvalue weighted by Gasteiger charge is 2.29. The number of carbonyl (C=O) groups is 1. The van der Waals surface area contributed by atoms with Crippen LogP contribution in [-0.4, -0.2) is 63.1 Å². The predicted molar refractivity (Wildman–Crippen MR) is 123 cm³/mol. The van der Waals surface area contributed by atoms with Crippen LogP contribution in [0.25, 0.3) is 0 Å². The molecular weight excluding hydrogens is 452 g/mol. The van der Waals surface area contributed by atoms with Crippen LogP contribution < -0.4 is 5.32 Å². The molecule has 0 atom stereocenters. The molecule has 1 aromatic heterocycles. The summed E-state index contributed by atoms with van der Waals surface area (Å²) in [6.45, 7) is 4.51. The second kappa shape index (κ2) is 8.97. The highest BCUT2D eigenvalue weighted by atomic mass is 32.2. The lowest BCUT2D eigenvalue weighted by Gasteiger charge is -2.25. The maximum atomic E-state index is 13.0. The number of aromatic nitrogens is 1. The second-order valence-corrected chi connectivity index (χ2v) is 12.4. The monoisotopic (exact) mass is 482 g/mol. The molecule has 0 bridgehead atoms. The molecule has 2 heterocycles. The number of benzene rings is 1. The number of sulfonamides is 2. The summed E-state index contributed by atoms with van der Waals surface area (Å²) in [6, 6.07) is 4.35. The zero-order chi connectivity index (χ0) is 23.8. The predicted octanol–water partition coefficient (Wildman–Crippen LogP) is 2.32. The minimum Gasteiger partial charge on any atom is -0.345 e. The number of rotatable bonds is 6. The van der Waals surface area contributed by atoms with Gasteiger partial charge in [0.15, 0.2) is 0 Å². The third-order valence-corrected chi connectivity index (χ3v) is 9.49. The van der Waals surface area contributed by atoms with Gasteiger partial charge in [-0.25, -0.2) is 21.1 Å². The van der Waals surface area contributed by atoms with E-state index >= 15 is 0 Å². The molecule has 1 fully saturated rings. The van der Waals surface area contributed by atoms with Crippen LogP contribution in [0.4, 0.5) is 5.69 Å². The van der Waals surface area contributed by atoms with Crippen molar-refractivity contribution < 1.29 is 21.6 Å². The summed E-state index contributed by atoms with van der Waals surface area (Å²) in [6.07, 6.45) is 4.09. The number of nitrogens with one attached hydrogen (secondary N) is 1. The molecule has 3 rings (SSSR count). The van der Waals surface area contributed by atoms with Gasteiger partial charge in [-0.05, 0) is 56.0 Å². The van der Waals surface area contributed by atoms with E-state index in [9.17, 15) is 21.6 Å². The largest absolute Gasteiger partial charge is 0.345 e. The molecule has 0 unspecified atom stereocenters. The van der Waals surface area contributed by atoms with Crippen molar-refractivity contribution in [1.29, 1.82) is 0 Å². The molecule has 1 aliphatic rings. The maximum Gasteiger partial charge on any atom is 0.272 e. The number of carbonyl (C=O) groups excluding carboxylic acids is 1. The normalized spacial score (nSPS) is 15.8. The topological polar surface area (TPSA) is 109 Å². The average Bonchev–Trinajstić information content (AvgIpc) is 3.14. The van der Waals surface area contributed by atoms with Crippen LogP contribution in [0.3, 0.4) is 0 Å².